The van der Waals surface area contributed by atoms with Gasteiger partial charge in [0.25, 0.3) is 0 Å². The van der Waals surface area contributed by atoms with Gasteiger partial charge in [0, 0.05) is 0 Å². The molecule has 0 aliphatic carbocycles. The highest BCUT2D eigenvalue weighted by Gasteiger charge is 2.38. The van der Waals surface area contributed by atoms with Crippen LogP contribution in [0.1, 0.15) is 6.92 Å². The molecule has 0 aromatic heterocycles. The summed E-state index contributed by atoms with van der Waals surface area (Å²) in [5.74, 6) is 0. The maximum Gasteiger partial charge on any atom is 0.184 e. The highest BCUT2D eigenvalue weighted by Crippen LogP contribution is 2.27. The van der Waals surface area contributed by atoms with Crippen LogP contribution >= 0.6 is 0 Å². The first-order valence-electron chi connectivity index (χ1n) is 3.60. The molecule has 0 bridgehead atoms. The van der Waals surface area contributed by atoms with Crippen molar-refractivity contribution in [2.75, 3.05) is 0 Å². The van der Waals surface area contributed by atoms with Crippen molar-refractivity contribution < 1.29 is 9.59 Å². The lowest BCUT2D eigenvalue weighted by Gasteiger charge is -2.31. The standard InChI is InChI=1S/C6H18O2Si2/c1-6(9(2,3)7)10(4,5)8/h6-8H,1-5H3. The van der Waals surface area contributed by atoms with Crippen LogP contribution in [0.5, 0.6) is 0 Å². The normalized spacial score (nSPS) is 14.4. The van der Waals surface area contributed by atoms with Crippen LogP contribution in [0.2, 0.25) is 31.4 Å². The van der Waals surface area contributed by atoms with E-state index < -0.39 is 16.6 Å². The minimum absolute atomic E-state index is 0.153. The monoisotopic (exact) mass is 178 g/mol. The van der Waals surface area contributed by atoms with Gasteiger partial charge in [0.05, 0.1) is 0 Å². The second kappa shape index (κ2) is 2.77. The molecule has 2 nitrogen and oxygen atoms in total. The van der Waals surface area contributed by atoms with Gasteiger partial charge < -0.3 is 9.59 Å². The maximum atomic E-state index is 9.64. The van der Waals surface area contributed by atoms with Crippen LogP contribution in [0, 0.1) is 0 Å². The SMILES string of the molecule is CC([Si](C)(C)O)[Si](C)(C)O. The molecule has 0 fully saturated rings. The molecule has 62 valence electrons. The number of hydrogen-bond acceptors (Lipinski definition) is 2. The predicted molar refractivity (Wildman–Crippen MR) is 48.8 cm³/mol. The first kappa shape index (κ1) is 10.4. The molecule has 0 aliphatic rings. The minimum atomic E-state index is -2.08. The van der Waals surface area contributed by atoms with Crippen LogP contribution in [0.15, 0.2) is 0 Å². The van der Waals surface area contributed by atoms with Gasteiger partial charge in [0.1, 0.15) is 0 Å². The fourth-order valence-electron chi connectivity index (χ4n) is 0.864. The molecular formula is C6H18O2Si2. The Balaban J connectivity index is 4.23. The highest BCUT2D eigenvalue weighted by molar-refractivity contribution is 6.90. The van der Waals surface area contributed by atoms with Crippen molar-refractivity contribution in [1.82, 2.24) is 0 Å². The Hall–Kier alpha value is 0.354. The Morgan fingerprint density at radius 1 is 0.900 bits per heavy atom. The third kappa shape index (κ3) is 2.96. The fourth-order valence-corrected chi connectivity index (χ4v) is 7.78. The summed E-state index contributed by atoms with van der Waals surface area (Å²) in [4.78, 5) is 19.3. The molecule has 0 aliphatic heterocycles. The van der Waals surface area contributed by atoms with Gasteiger partial charge in [-0.1, -0.05) is 6.92 Å². The summed E-state index contributed by atoms with van der Waals surface area (Å²) in [6.45, 7) is 9.47. The molecule has 0 saturated carbocycles. The van der Waals surface area contributed by atoms with E-state index in [1.165, 1.54) is 0 Å². The van der Waals surface area contributed by atoms with Gasteiger partial charge in [0.15, 0.2) is 16.6 Å². The van der Waals surface area contributed by atoms with E-state index in [0.717, 1.165) is 0 Å². The average molecular weight is 178 g/mol. The van der Waals surface area contributed by atoms with Crippen LogP contribution in [-0.2, 0) is 0 Å². The lowest BCUT2D eigenvalue weighted by atomic mass is 10.9. The van der Waals surface area contributed by atoms with E-state index in [4.69, 9.17) is 0 Å². The second-order valence-corrected chi connectivity index (χ2v) is 13.0. The Kier molecular flexibility index (Phi) is 2.87. The summed E-state index contributed by atoms with van der Waals surface area (Å²) >= 11 is 0. The van der Waals surface area contributed by atoms with E-state index >= 15 is 0 Å². The van der Waals surface area contributed by atoms with Gasteiger partial charge >= 0.3 is 0 Å². The van der Waals surface area contributed by atoms with Gasteiger partial charge in [-0.3, -0.25) is 0 Å². The van der Waals surface area contributed by atoms with Gasteiger partial charge in [-0.25, -0.2) is 0 Å². The van der Waals surface area contributed by atoms with E-state index in [9.17, 15) is 9.59 Å². The van der Waals surface area contributed by atoms with Crippen molar-refractivity contribution in [3.8, 4) is 0 Å². The van der Waals surface area contributed by atoms with E-state index in [1.54, 1.807) is 0 Å². The third-order valence-corrected chi connectivity index (χ3v) is 10.6. The van der Waals surface area contributed by atoms with Crippen LogP contribution in [-0.4, -0.2) is 26.2 Å². The highest BCUT2D eigenvalue weighted by atomic mass is 28.4. The van der Waals surface area contributed by atoms with Gasteiger partial charge in [-0.2, -0.15) is 0 Å². The van der Waals surface area contributed by atoms with Crippen molar-refractivity contribution in [3.05, 3.63) is 0 Å². The zero-order valence-corrected chi connectivity index (χ0v) is 9.47. The summed E-state index contributed by atoms with van der Waals surface area (Å²) in [7, 11) is -4.17. The summed E-state index contributed by atoms with van der Waals surface area (Å²) in [6, 6.07) is 0. The third-order valence-electron chi connectivity index (χ3n) is 2.12. The second-order valence-electron chi connectivity index (χ2n) is 4.03. The van der Waals surface area contributed by atoms with Crippen LogP contribution in [0.4, 0.5) is 0 Å². The molecule has 0 aromatic rings. The number of hydrogen-bond donors (Lipinski definition) is 2. The van der Waals surface area contributed by atoms with Crippen LogP contribution < -0.4 is 0 Å². The zero-order valence-electron chi connectivity index (χ0n) is 7.47. The fraction of sp³-hybridized carbons (Fsp3) is 1.00. The smallest absolute Gasteiger partial charge is 0.184 e. The predicted octanol–water partition coefficient (Wildman–Crippen LogP) is 1.31. The van der Waals surface area contributed by atoms with Crippen molar-refractivity contribution in [2.24, 2.45) is 0 Å². The molecule has 2 N–H and O–H groups in total. The Morgan fingerprint density at radius 3 is 1.10 bits per heavy atom. The Bertz CT molecular complexity index is 97.9. The zero-order chi connectivity index (χ0) is 8.58. The molecule has 0 radical (unpaired) electrons. The summed E-state index contributed by atoms with van der Waals surface area (Å²) in [5.41, 5.74) is 0. The van der Waals surface area contributed by atoms with Crippen molar-refractivity contribution in [2.45, 2.75) is 38.3 Å². The molecular weight excluding hydrogens is 160 g/mol. The molecule has 10 heavy (non-hydrogen) atoms. The van der Waals surface area contributed by atoms with E-state index in [0.29, 0.717) is 0 Å². The van der Waals surface area contributed by atoms with Crippen LogP contribution in [0.3, 0.4) is 0 Å². The van der Waals surface area contributed by atoms with Gasteiger partial charge in [-0.05, 0) is 31.4 Å². The van der Waals surface area contributed by atoms with E-state index in [2.05, 4.69) is 0 Å². The topological polar surface area (TPSA) is 40.5 Å². The Labute approximate surface area is 65.2 Å². The molecule has 0 aromatic carbocycles. The summed E-state index contributed by atoms with van der Waals surface area (Å²) in [5, 5.41) is 0.153. The van der Waals surface area contributed by atoms with Gasteiger partial charge in [-0.15, -0.1) is 0 Å². The van der Waals surface area contributed by atoms with E-state index in [1.807, 2.05) is 33.1 Å². The average Bonchev–Trinajstić information content (AvgIpc) is 1.59. The quantitative estimate of drug-likeness (QED) is 0.626. The lowest BCUT2D eigenvalue weighted by molar-refractivity contribution is 0.508. The van der Waals surface area contributed by atoms with Crippen LogP contribution in [0.25, 0.3) is 0 Å². The summed E-state index contributed by atoms with van der Waals surface area (Å²) in [6.07, 6.45) is 0. The molecule has 0 unspecified atom stereocenters. The largest absolute Gasteiger partial charge is 0.432 e. The van der Waals surface area contributed by atoms with Crippen molar-refractivity contribution >= 4 is 16.6 Å². The summed E-state index contributed by atoms with van der Waals surface area (Å²) < 4.78 is 0. The molecule has 0 heterocycles. The van der Waals surface area contributed by atoms with Gasteiger partial charge in [0.2, 0.25) is 0 Å². The van der Waals surface area contributed by atoms with E-state index in [-0.39, 0.29) is 5.16 Å². The molecule has 0 rings (SSSR count). The van der Waals surface area contributed by atoms with Crippen molar-refractivity contribution in [3.63, 3.8) is 0 Å². The number of rotatable bonds is 2. The Morgan fingerprint density at radius 2 is 1.10 bits per heavy atom. The maximum absolute atomic E-state index is 9.64. The molecule has 0 amide bonds. The lowest BCUT2D eigenvalue weighted by Crippen LogP contribution is -2.46. The molecule has 0 atom stereocenters. The molecule has 4 heteroatoms. The first-order valence-corrected chi connectivity index (χ1v) is 9.65. The molecule has 0 spiro atoms. The van der Waals surface area contributed by atoms with Crippen molar-refractivity contribution in [1.29, 1.82) is 0 Å². The first-order chi connectivity index (χ1) is 4.15. The minimum Gasteiger partial charge on any atom is -0.432 e. The molecule has 0 saturated heterocycles.